The fourth-order valence-electron chi connectivity index (χ4n) is 1.35. The molecule has 0 aliphatic rings. The molecule has 0 radical (unpaired) electrons. The minimum absolute atomic E-state index is 0.415. The van der Waals surface area contributed by atoms with Crippen molar-refractivity contribution < 1.29 is 14.3 Å². The topological polar surface area (TPSA) is 47.6 Å². The van der Waals surface area contributed by atoms with E-state index in [4.69, 9.17) is 21.1 Å². The summed E-state index contributed by atoms with van der Waals surface area (Å²) in [6.45, 7) is 6.45. The molecule has 0 saturated heterocycles. The zero-order chi connectivity index (χ0) is 15.2. The summed E-state index contributed by atoms with van der Waals surface area (Å²) in [4.78, 5) is 11.4. The molecule has 0 spiro atoms. The van der Waals surface area contributed by atoms with Crippen LogP contribution >= 0.6 is 27.5 Å². The molecule has 0 aromatic heterocycles. The zero-order valence-corrected chi connectivity index (χ0v) is 14.2. The number of carbonyl (C=O) groups is 1. The van der Waals surface area contributed by atoms with Crippen molar-refractivity contribution in [2.45, 2.75) is 32.8 Å². The predicted octanol–water partition coefficient (Wildman–Crippen LogP) is 4.40. The van der Waals surface area contributed by atoms with Crippen LogP contribution in [0.25, 0.3) is 0 Å². The van der Waals surface area contributed by atoms with E-state index in [9.17, 15) is 4.79 Å². The first-order valence-electron chi connectivity index (χ1n) is 6.33. The van der Waals surface area contributed by atoms with E-state index in [0.717, 1.165) is 4.47 Å². The number of amides is 1. The van der Waals surface area contributed by atoms with Gasteiger partial charge in [0.2, 0.25) is 0 Å². The predicted molar refractivity (Wildman–Crippen MR) is 83.5 cm³/mol. The van der Waals surface area contributed by atoms with Gasteiger partial charge in [0.15, 0.2) is 0 Å². The Balaban J connectivity index is 2.23. The molecular formula is C14H19BrClNO3. The van der Waals surface area contributed by atoms with Crippen LogP contribution in [0.1, 0.15) is 27.2 Å². The molecule has 1 N–H and O–H groups in total. The SMILES string of the molecule is CC(C)(C)OC(=O)NCCCOc1cccc(Cl)c1Br. The first-order chi connectivity index (χ1) is 9.29. The summed E-state index contributed by atoms with van der Waals surface area (Å²) in [6, 6.07) is 5.43. The third-order valence-electron chi connectivity index (χ3n) is 2.16. The molecule has 1 aromatic rings. The van der Waals surface area contributed by atoms with Gasteiger partial charge in [-0.15, -0.1) is 0 Å². The number of hydrogen-bond donors (Lipinski definition) is 1. The van der Waals surface area contributed by atoms with Crippen LogP contribution in [0.4, 0.5) is 4.79 Å². The Labute approximate surface area is 132 Å². The average molecular weight is 365 g/mol. The Bertz CT molecular complexity index is 460. The molecular weight excluding hydrogens is 346 g/mol. The van der Waals surface area contributed by atoms with E-state index in [1.165, 1.54) is 0 Å². The monoisotopic (exact) mass is 363 g/mol. The lowest BCUT2D eigenvalue weighted by Crippen LogP contribution is -2.33. The molecule has 112 valence electrons. The molecule has 0 heterocycles. The van der Waals surface area contributed by atoms with Crippen molar-refractivity contribution in [1.82, 2.24) is 5.32 Å². The Kier molecular flexibility index (Phi) is 6.62. The average Bonchev–Trinajstić information content (AvgIpc) is 2.31. The number of ether oxygens (including phenoxy) is 2. The molecule has 6 heteroatoms. The van der Waals surface area contributed by atoms with Crippen molar-refractivity contribution in [2.75, 3.05) is 13.2 Å². The maximum atomic E-state index is 11.4. The molecule has 4 nitrogen and oxygen atoms in total. The van der Waals surface area contributed by atoms with Crippen LogP contribution in [0.3, 0.4) is 0 Å². The van der Waals surface area contributed by atoms with Gasteiger partial charge in [0.05, 0.1) is 16.1 Å². The highest BCUT2D eigenvalue weighted by Gasteiger charge is 2.15. The second kappa shape index (κ2) is 7.74. The number of halogens is 2. The van der Waals surface area contributed by atoms with Crippen LogP contribution in [0.2, 0.25) is 5.02 Å². The largest absolute Gasteiger partial charge is 0.492 e. The standard InChI is InChI=1S/C14H19BrClNO3/c1-14(2,3)20-13(18)17-8-5-9-19-11-7-4-6-10(16)12(11)15/h4,6-7H,5,8-9H2,1-3H3,(H,17,18). The number of alkyl carbamates (subject to hydrolysis) is 1. The van der Waals surface area contributed by atoms with Gasteiger partial charge in [-0.1, -0.05) is 17.7 Å². The van der Waals surface area contributed by atoms with E-state index in [1.54, 1.807) is 6.07 Å². The van der Waals surface area contributed by atoms with Gasteiger partial charge in [-0.25, -0.2) is 4.79 Å². The minimum atomic E-state index is -0.480. The maximum Gasteiger partial charge on any atom is 0.407 e. The van der Waals surface area contributed by atoms with Crippen LogP contribution in [-0.4, -0.2) is 24.8 Å². The Hall–Kier alpha value is -0.940. The molecule has 20 heavy (non-hydrogen) atoms. The summed E-state index contributed by atoms with van der Waals surface area (Å²) >= 11 is 9.32. The molecule has 0 atom stereocenters. The van der Waals surface area contributed by atoms with Gasteiger partial charge in [-0.2, -0.15) is 0 Å². The second-order valence-electron chi connectivity index (χ2n) is 5.18. The number of rotatable bonds is 5. The summed E-state index contributed by atoms with van der Waals surface area (Å²) in [5.74, 6) is 0.690. The first kappa shape index (κ1) is 17.1. The van der Waals surface area contributed by atoms with E-state index in [1.807, 2.05) is 32.9 Å². The molecule has 0 aliphatic carbocycles. The Morgan fingerprint density at radius 3 is 2.75 bits per heavy atom. The van der Waals surface area contributed by atoms with E-state index >= 15 is 0 Å². The lowest BCUT2D eigenvalue weighted by Gasteiger charge is -2.19. The number of carbonyl (C=O) groups excluding carboxylic acids is 1. The van der Waals surface area contributed by atoms with Gasteiger partial charge in [-0.05, 0) is 55.3 Å². The fourth-order valence-corrected chi connectivity index (χ4v) is 1.90. The van der Waals surface area contributed by atoms with Crippen molar-refractivity contribution in [1.29, 1.82) is 0 Å². The lowest BCUT2D eigenvalue weighted by molar-refractivity contribution is 0.0525. The van der Waals surface area contributed by atoms with Gasteiger partial charge in [0, 0.05) is 6.54 Å². The van der Waals surface area contributed by atoms with Gasteiger partial charge in [0.25, 0.3) is 0 Å². The third-order valence-corrected chi connectivity index (χ3v) is 3.52. The molecule has 1 amide bonds. The Morgan fingerprint density at radius 1 is 1.40 bits per heavy atom. The number of benzene rings is 1. The van der Waals surface area contributed by atoms with Crippen molar-refractivity contribution in [2.24, 2.45) is 0 Å². The molecule has 1 aromatic carbocycles. The zero-order valence-electron chi connectivity index (χ0n) is 11.8. The maximum absolute atomic E-state index is 11.4. The van der Waals surface area contributed by atoms with Gasteiger partial charge >= 0.3 is 6.09 Å². The van der Waals surface area contributed by atoms with E-state index in [0.29, 0.717) is 30.3 Å². The quantitative estimate of drug-likeness (QED) is 0.788. The Morgan fingerprint density at radius 2 is 2.10 bits per heavy atom. The molecule has 1 rings (SSSR count). The van der Waals surface area contributed by atoms with E-state index in [2.05, 4.69) is 21.2 Å². The summed E-state index contributed by atoms with van der Waals surface area (Å²) in [5.41, 5.74) is -0.480. The molecule has 0 fully saturated rings. The van der Waals surface area contributed by atoms with Crippen molar-refractivity contribution in [3.63, 3.8) is 0 Å². The van der Waals surface area contributed by atoms with Crippen molar-refractivity contribution in [3.8, 4) is 5.75 Å². The highest BCUT2D eigenvalue weighted by molar-refractivity contribution is 9.10. The summed E-state index contributed by atoms with van der Waals surface area (Å²) in [5, 5.41) is 3.28. The summed E-state index contributed by atoms with van der Waals surface area (Å²) < 4.78 is 11.4. The van der Waals surface area contributed by atoms with E-state index < -0.39 is 11.7 Å². The molecule has 0 saturated carbocycles. The normalized spacial score (nSPS) is 11.1. The number of hydrogen-bond acceptors (Lipinski definition) is 3. The summed E-state index contributed by atoms with van der Waals surface area (Å²) in [6.07, 6.45) is 0.263. The molecule has 0 bridgehead atoms. The fraction of sp³-hybridized carbons (Fsp3) is 0.500. The molecule has 0 aliphatic heterocycles. The first-order valence-corrected chi connectivity index (χ1v) is 7.50. The van der Waals surface area contributed by atoms with E-state index in [-0.39, 0.29) is 0 Å². The molecule has 0 unspecified atom stereocenters. The van der Waals surface area contributed by atoms with Gasteiger partial charge < -0.3 is 14.8 Å². The minimum Gasteiger partial charge on any atom is -0.492 e. The van der Waals surface area contributed by atoms with Gasteiger partial charge in [-0.3, -0.25) is 0 Å². The highest BCUT2D eigenvalue weighted by Crippen LogP contribution is 2.31. The highest BCUT2D eigenvalue weighted by atomic mass is 79.9. The van der Waals surface area contributed by atoms with Crippen LogP contribution < -0.4 is 10.1 Å². The van der Waals surface area contributed by atoms with Crippen LogP contribution in [0.15, 0.2) is 22.7 Å². The van der Waals surface area contributed by atoms with Crippen molar-refractivity contribution >= 4 is 33.6 Å². The van der Waals surface area contributed by atoms with Gasteiger partial charge in [0.1, 0.15) is 11.4 Å². The third kappa shape index (κ3) is 6.48. The van der Waals surface area contributed by atoms with Crippen molar-refractivity contribution in [3.05, 3.63) is 27.7 Å². The summed E-state index contributed by atoms with van der Waals surface area (Å²) in [7, 11) is 0. The van der Waals surface area contributed by atoms with Crippen LogP contribution in [0.5, 0.6) is 5.75 Å². The van der Waals surface area contributed by atoms with Crippen LogP contribution in [-0.2, 0) is 4.74 Å². The second-order valence-corrected chi connectivity index (χ2v) is 6.38. The number of nitrogens with one attached hydrogen (secondary N) is 1. The lowest BCUT2D eigenvalue weighted by atomic mass is 10.2. The van der Waals surface area contributed by atoms with Crippen LogP contribution in [0, 0.1) is 0 Å². The smallest absolute Gasteiger partial charge is 0.407 e.